The first-order valence-corrected chi connectivity index (χ1v) is 10.4. The molecule has 0 amide bonds. The maximum Gasteiger partial charge on any atom is 0.270 e. The summed E-state index contributed by atoms with van der Waals surface area (Å²) < 4.78 is 32.5. The van der Waals surface area contributed by atoms with Gasteiger partial charge in [0.1, 0.15) is 12.4 Å². The van der Waals surface area contributed by atoms with E-state index in [4.69, 9.17) is 10.00 Å². The molecule has 152 valence electrons. The third-order valence-corrected chi connectivity index (χ3v) is 6.55. The first-order valence-electron chi connectivity index (χ1n) is 9.00. The molecule has 2 aromatic carbocycles. The van der Waals surface area contributed by atoms with Crippen LogP contribution in [0.25, 0.3) is 0 Å². The van der Waals surface area contributed by atoms with E-state index in [1.807, 2.05) is 6.07 Å². The number of nitrogens with zero attached hydrogens (tertiary/aromatic N) is 4. The molecule has 0 radical (unpaired) electrons. The molecule has 1 aliphatic rings. The van der Waals surface area contributed by atoms with Gasteiger partial charge in [-0.3, -0.25) is 15.0 Å². The second-order valence-electron chi connectivity index (χ2n) is 6.48. The number of hydrogen-bond acceptors (Lipinski definition) is 7. The second kappa shape index (κ2) is 9.00. The molecule has 2 aromatic rings. The van der Waals surface area contributed by atoms with Crippen LogP contribution in [0.5, 0.6) is 5.75 Å². The summed E-state index contributed by atoms with van der Waals surface area (Å²) in [4.78, 5) is 12.3. The molecular weight excluding hydrogens is 396 g/mol. The van der Waals surface area contributed by atoms with Crippen molar-refractivity contribution >= 4 is 15.7 Å². The molecule has 0 unspecified atom stereocenters. The van der Waals surface area contributed by atoms with Crippen molar-refractivity contribution in [1.82, 2.24) is 9.21 Å². The molecule has 29 heavy (non-hydrogen) atoms. The number of ether oxygens (including phenoxy) is 1. The molecule has 9 nitrogen and oxygen atoms in total. The third-order valence-electron chi connectivity index (χ3n) is 4.66. The molecule has 0 bridgehead atoms. The molecule has 1 aliphatic heterocycles. The highest BCUT2D eigenvalue weighted by Crippen LogP contribution is 2.22. The molecular formula is C19H20N4O5S. The summed E-state index contributed by atoms with van der Waals surface area (Å²) in [7, 11) is -3.77. The normalized spacial score (nSPS) is 15.6. The molecule has 0 N–H and O–H groups in total. The molecule has 3 rings (SSSR count). The van der Waals surface area contributed by atoms with Crippen molar-refractivity contribution in [3.63, 3.8) is 0 Å². The van der Waals surface area contributed by atoms with Crippen molar-refractivity contribution in [2.45, 2.75) is 4.90 Å². The fourth-order valence-electron chi connectivity index (χ4n) is 3.02. The number of non-ortho nitro benzene ring substituents is 1. The number of nitriles is 1. The van der Waals surface area contributed by atoms with E-state index in [9.17, 15) is 18.5 Å². The van der Waals surface area contributed by atoms with Crippen molar-refractivity contribution in [2.75, 3.05) is 39.3 Å². The Bertz CT molecular complexity index is 1010. The van der Waals surface area contributed by atoms with Crippen molar-refractivity contribution in [3.8, 4) is 11.8 Å². The molecule has 1 fully saturated rings. The number of rotatable bonds is 7. The third kappa shape index (κ3) is 5.08. The lowest BCUT2D eigenvalue weighted by Gasteiger charge is -2.33. The highest BCUT2D eigenvalue weighted by atomic mass is 32.2. The van der Waals surface area contributed by atoms with Crippen molar-refractivity contribution in [2.24, 2.45) is 0 Å². The van der Waals surface area contributed by atoms with Crippen LogP contribution < -0.4 is 4.74 Å². The highest BCUT2D eigenvalue weighted by molar-refractivity contribution is 7.89. The molecule has 0 saturated carbocycles. The van der Waals surface area contributed by atoms with Gasteiger partial charge in [0.15, 0.2) is 0 Å². The number of hydrogen-bond donors (Lipinski definition) is 0. The first kappa shape index (κ1) is 20.7. The summed E-state index contributed by atoms with van der Waals surface area (Å²) in [6, 6.07) is 14.0. The number of piperazine rings is 1. The van der Waals surface area contributed by atoms with Gasteiger partial charge in [0.2, 0.25) is 10.0 Å². The molecule has 0 spiro atoms. The van der Waals surface area contributed by atoms with Crippen LogP contribution in [0, 0.1) is 21.4 Å². The minimum Gasteiger partial charge on any atom is -0.492 e. The summed E-state index contributed by atoms with van der Waals surface area (Å²) in [5.74, 6) is 0.677. The fraction of sp³-hybridized carbons (Fsp3) is 0.316. The highest BCUT2D eigenvalue weighted by Gasteiger charge is 2.29. The summed E-state index contributed by atoms with van der Waals surface area (Å²) in [6.07, 6.45) is 0. The van der Waals surface area contributed by atoms with Crippen LogP contribution in [0.1, 0.15) is 5.56 Å². The predicted octanol–water partition coefficient (Wildman–Crippen LogP) is 1.85. The average molecular weight is 416 g/mol. The van der Waals surface area contributed by atoms with Gasteiger partial charge in [-0.25, -0.2) is 8.42 Å². The Morgan fingerprint density at radius 3 is 2.41 bits per heavy atom. The van der Waals surface area contributed by atoms with E-state index in [1.165, 1.54) is 22.5 Å². The van der Waals surface area contributed by atoms with Gasteiger partial charge in [0, 0.05) is 44.9 Å². The Kier molecular flexibility index (Phi) is 6.43. The van der Waals surface area contributed by atoms with Crippen molar-refractivity contribution in [1.29, 1.82) is 5.26 Å². The molecule has 0 aromatic heterocycles. The maximum atomic E-state index is 12.8. The Balaban J connectivity index is 1.51. The fourth-order valence-corrected chi connectivity index (χ4v) is 4.48. The quantitative estimate of drug-likeness (QED) is 0.499. The Labute approximate surface area is 168 Å². The predicted molar refractivity (Wildman–Crippen MR) is 105 cm³/mol. The summed E-state index contributed by atoms with van der Waals surface area (Å²) >= 11 is 0. The van der Waals surface area contributed by atoms with Crippen LogP contribution in [-0.4, -0.2) is 61.9 Å². The molecule has 0 atom stereocenters. The van der Waals surface area contributed by atoms with Gasteiger partial charge in [-0.2, -0.15) is 9.57 Å². The SMILES string of the molecule is N#Cc1ccc(OCCN2CCN(S(=O)(=O)c3cccc([N+](=O)[O-])c3)CC2)cc1. The number of sulfonamides is 1. The molecule has 1 saturated heterocycles. The van der Waals surface area contributed by atoms with E-state index in [0.717, 1.165) is 6.07 Å². The zero-order valence-electron chi connectivity index (χ0n) is 15.6. The molecule has 0 aliphatic carbocycles. The van der Waals surface area contributed by atoms with Gasteiger partial charge in [0.25, 0.3) is 5.69 Å². The summed E-state index contributed by atoms with van der Waals surface area (Å²) in [5.41, 5.74) is 0.322. The van der Waals surface area contributed by atoms with E-state index in [-0.39, 0.29) is 10.6 Å². The Morgan fingerprint density at radius 1 is 1.10 bits per heavy atom. The van der Waals surface area contributed by atoms with Gasteiger partial charge >= 0.3 is 0 Å². The minimum absolute atomic E-state index is 0.0655. The van der Waals surface area contributed by atoms with Crippen LogP contribution in [0.2, 0.25) is 0 Å². The van der Waals surface area contributed by atoms with Gasteiger partial charge in [-0.05, 0) is 30.3 Å². The lowest BCUT2D eigenvalue weighted by molar-refractivity contribution is -0.385. The summed E-state index contributed by atoms with van der Waals surface area (Å²) in [5, 5.41) is 19.7. The van der Waals surface area contributed by atoms with Gasteiger partial charge in [-0.15, -0.1) is 0 Å². The van der Waals surface area contributed by atoms with Crippen LogP contribution >= 0.6 is 0 Å². The van der Waals surface area contributed by atoms with Gasteiger partial charge < -0.3 is 4.74 Å². The van der Waals surface area contributed by atoms with E-state index in [2.05, 4.69) is 4.90 Å². The maximum absolute atomic E-state index is 12.8. The smallest absolute Gasteiger partial charge is 0.270 e. The van der Waals surface area contributed by atoms with Gasteiger partial charge in [0.05, 0.1) is 21.5 Å². The van der Waals surface area contributed by atoms with Crippen molar-refractivity contribution < 1.29 is 18.1 Å². The lowest BCUT2D eigenvalue weighted by Crippen LogP contribution is -2.49. The monoisotopic (exact) mass is 416 g/mol. The Morgan fingerprint density at radius 2 is 1.79 bits per heavy atom. The van der Waals surface area contributed by atoms with E-state index < -0.39 is 14.9 Å². The van der Waals surface area contributed by atoms with Crippen LogP contribution in [0.4, 0.5) is 5.69 Å². The van der Waals surface area contributed by atoms with E-state index in [1.54, 1.807) is 24.3 Å². The van der Waals surface area contributed by atoms with E-state index >= 15 is 0 Å². The molecule has 1 heterocycles. The van der Waals surface area contributed by atoms with Crippen molar-refractivity contribution in [3.05, 3.63) is 64.2 Å². The number of nitro groups is 1. The zero-order valence-corrected chi connectivity index (χ0v) is 16.4. The van der Waals surface area contributed by atoms with Crippen LogP contribution in [0.3, 0.4) is 0 Å². The van der Waals surface area contributed by atoms with Crippen LogP contribution in [0.15, 0.2) is 53.4 Å². The van der Waals surface area contributed by atoms with E-state index in [0.29, 0.717) is 50.6 Å². The largest absolute Gasteiger partial charge is 0.492 e. The zero-order chi connectivity index (χ0) is 20.9. The van der Waals surface area contributed by atoms with Crippen LogP contribution in [-0.2, 0) is 10.0 Å². The number of nitro benzene ring substituents is 1. The lowest BCUT2D eigenvalue weighted by atomic mass is 10.2. The first-order chi connectivity index (χ1) is 13.9. The standard InChI is InChI=1S/C19H20N4O5S/c20-15-16-4-6-18(7-5-16)28-13-12-21-8-10-22(11-9-21)29(26,27)19-3-1-2-17(14-19)23(24)25/h1-7,14H,8-13H2. The summed E-state index contributed by atoms with van der Waals surface area (Å²) in [6.45, 7) is 2.80. The topological polar surface area (TPSA) is 117 Å². The van der Waals surface area contributed by atoms with Gasteiger partial charge in [-0.1, -0.05) is 6.07 Å². The average Bonchev–Trinajstić information content (AvgIpc) is 2.74. The molecule has 10 heteroatoms. The Hall–Kier alpha value is -3.00. The number of benzene rings is 2. The second-order valence-corrected chi connectivity index (χ2v) is 8.42. The minimum atomic E-state index is -3.77.